The third-order valence-electron chi connectivity index (χ3n) is 4.60. The van der Waals surface area contributed by atoms with Crippen LogP contribution in [0.2, 0.25) is 0 Å². The molecule has 3 nitrogen and oxygen atoms in total. The summed E-state index contributed by atoms with van der Waals surface area (Å²) in [6, 6.07) is 0.559. The van der Waals surface area contributed by atoms with E-state index >= 15 is 0 Å². The molecule has 0 bridgehead atoms. The molecule has 0 atom stereocenters. The molecule has 1 aliphatic carbocycles. The van der Waals surface area contributed by atoms with Gasteiger partial charge in [0.2, 0.25) is 5.91 Å². The Kier molecular flexibility index (Phi) is 8.92. The highest BCUT2D eigenvalue weighted by atomic mass is 16.1. The van der Waals surface area contributed by atoms with E-state index in [1.165, 1.54) is 38.5 Å². The van der Waals surface area contributed by atoms with Crippen LogP contribution in [-0.2, 0) is 4.79 Å². The monoisotopic (exact) mass is 282 g/mol. The van der Waals surface area contributed by atoms with Gasteiger partial charge in [0.15, 0.2) is 0 Å². The summed E-state index contributed by atoms with van der Waals surface area (Å²) in [6.45, 7) is 9.38. The van der Waals surface area contributed by atoms with Crippen LogP contribution in [-0.4, -0.2) is 36.5 Å². The van der Waals surface area contributed by atoms with Crippen molar-refractivity contribution in [1.29, 1.82) is 0 Å². The summed E-state index contributed by atoms with van der Waals surface area (Å²) in [4.78, 5) is 14.2. The number of nitrogens with zero attached hydrogens (tertiary/aromatic N) is 1. The summed E-state index contributed by atoms with van der Waals surface area (Å²) in [6.07, 6.45) is 10.0. The van der Waals surface area contributed by atoms with Crippen LogP contribution in [0.15, 0.2) is 0 Å². The molecule has 1 amide bonds. The Labute approximate surface area is 125 Å². The number of carbonyl (C=O) groups is 1. The van der Waals surface area contributed by atoms with Gasteiger partial charge in [-0.2, -0.15) is 0 Å². The third-order valence-corrected chi connectivity index (χ3v) is 4.60. The van der Waals surface area contributed by atoms with Gasteiger partial charge in [0.05, 0.1) is 0 Å². The molecule has 118 valence electrons. The molecule has 0 saturated heterocycles. The number of carbonyl (C=O) groups excluding carboxylic acids is 1. The van der Waals surface area contributed by atoms with Crippen LogP contribution in [0, 0.1) is 5.92 Å². The first-order valence-electron chi connectivity index (χ1n) is 8.64. The van der Waals surface area contributed by atoms with Gasteiger partial charge < -0.3 is 5.32 Å². The molecule has 1 aliphatic rings. The lowest BCUT2D eigenvalue weighted by molar-refractivity contribution is -0.121. The SMILES string of the molecule is CCN(CCNC(=O)CCCC1CCCCC1)C(C)C. The highest BCUT2D eigenvalue weighted by molar-refractivity contribution is 5.75. The molecular formula is C17H34N2O. The molecule has 0 heterocycles. The minimum Gasteiger partial charge on any atom is -0.355 e. The first-order chi connectivity index (χ1) is 9.63. The number of likely N-dealkylation sites (N-methyl/N-ethyl adjacent to an activating group) is 1. The van der Waals surface area contributed by atoms with E-state index in [1.807, 2.05) is 0 Å². The van der Waals surface area contributed by atoms with Crippen molar-refractivity contribution in [1.82, 2.24) is 10.2 Å². The van der Waals surface area contributed by atoms with Crippen LogP contribution in [0.4, 0.5) is 0 Å². The molecule has 1 rings (SSSR count). The Bertz CT molecular complexity index is 260. The van der Waals surface area contributed by atoms with Crippen LogP contribution in [0.5, 0.6) is 0 Å². The zero-order valence-electron chi connectivity index (χ0n) is 13.8. The maximum absolute atomic E-state index is 11.8. The summed E-state index contributed by atoms with van der Waals surface area (Å²) in [7, 11) is 0. The van der Waals surface area contributed by atoms with Gasteiger partial charge >= 0.3 is 0 Å². The fourth-order valence-electron chi connectivity index (χ4n) is 3.24. The van der Waals surface area contributed by atoms with Crippen molar-refractivity contribution in [3.8, 4) is 0 Å². The van der Waals surface area contributed by atoms with Crippen molar-refractivity contribution in [2.75, 3.05) is 19.6 Å². The quantitative estimate of drug-likeness (QED) is 0.701. The first-order valence-corrected chi connectivity index (χ1v) is 8.64. The van der Waals surface area contributed by atoms with Gasteiger partial charge in [-0.25, -0.2) is 0 Å². The first kappa shape index (κ1) is 17.5. The second kappa shape index (κ2) is 10.2. The van der Waals surface area contributed by atoms with E-state index in [-0.39, 0.29) is 5.91 Å². The Morgan fingerprint density at radius 3 is 2.55 bits per heavy atom. The summed E-state index contributed by atoms with van der Waals surface area (Å²) in [5.74, 6) is 1.13. The van der Waals surface area contributed by atoms with Gasteiger partial charge in [-0.3, -0.25) is 9.69 Å². The number of amides is 1. The van der Waals surface area contributed by atoms with Crippen molar-refractivity contribution in [3.63, 3.8) is 0 Å². The molecule has 0 radical (unpaired) electrons. The third kappa shape index (κ3) is 7.28. The van der Waals surface area contributed by atoms with Gasteiger partial charge in [-0.15, -0.1) is 0 Å². The highest BCUT2D eigenvalue weighted by Crippen LogP contribution is 2.27. The van der Waals surface area contributed by atoms with E-state index in [1.54, 1.807) is 0 Å². The molecule has 1 saturated carbocycles. The maximum Gasteiger partial charge on any atom is 0.220 e. The van der Waals surface area contributed by atoms with E-state index in [4.69, 9.17) is 0 Å². The Hall–Kier alpha value is -0.570. The summed E-state index contributed by atoms with van der Waals surface area (Å²) >= 11 is 0. The zero-order chi connectivity index (χ0) is 14.8. The van der Waals surface area contributed by atoms with Crippen molar-refractivity contribution >= 4 is 5.91 Å². The average molecular weight is 282 g/mol. The van der Waals surface area contributed by atoms with Crippen LogP contribution in [0.25, 0.3) is 0 Å². The van der Waals surface area contributed by atoms with Gasteiger partial charge in [0, 0.05) is 25.6 Å². The molecule has 1 N–H and O–H groups in total. The van der Waals surface area contributed by atoms with E-state index in [9.17, 15) is 4.79 Å². The predicted molar refractivity (Wildman–Crippen MR) is 85.8 cm³/mol. The lowest BCUT2D eigenvalue weighted by Gasteiger charge is -2.24. The molecule has 0 aromatic carbocycles. The van der Waals surface area contributed by atoms with Crippen molar-refractivity contribution < 1.29 is 4.79 Å². The average Bonchev–Trinajstić information content (AvgIpc) is 2.44. The lowest BCUT2D eigenvalue weighted by Crippen LogP contribution is -2.38. The Balaban J connectivity index is 2.02. The predicted octanol–water partition coefficient (Wildman–Crippen LogP) is 3.58. The number of nitrogens with one attached hydrogen (secondary N) is 1. The second-order valence-electron chi connectivity index (χ2n) is 6.47. The molecule has 0 aromatic heterocycles. The summed E-state index contributed by atoms with van der Waals surface area (Å²) in [5, 5.41) is 3.06. The normalized spacial score (nSPS) is 16.9. The van der Waals surface area contributed by atoms with Gasteiger partial charge in [0.25, 0.3) is 0 Å². The minimum atomic E-state index is 0.237. The standard InChI is InChI=1S/C17H34N2O/c1-4-19(15(2)3)14-13-18-17(20)12-8-11-16-9-6-5-7-10-16/h15-16H,4-14H2,1-3H3,(H,18,20). The fraction of sp³-hybridized carbons (Fsp3) is 0.941. The molecule has 3 heteroatoms. The van der Waals surface area contributed by atoms with E-state index in [0.29, 0.717) is 12.5 Å². The zero-order valence-corrected chi connectivity index (χ0v) is 13.8. The number of hydrogen-bond donors (Lipinski definition) is 1. The lowest BCUT2D eigenvalue weighted by atomic mass is 9.86. The van der Waals surface area contributed by atoms with Crippen LogP contribution < -0.4 is 5.32 Å². The Morgan fingerprint density at radius 1 is 1.25 bits per heavy atom. The highest BCUT2D eigenvalue weighted by Gasteiger charge is 2.13. The van der Waals surface area contributed by atoms with Gasteiger partial charge in [-0.05, 0) is 39.2 Å². The Morgan fingerprint density at radius 2 is 1.95 bits per heavy atom. The smallest absolute Gasteiger partial charge is 0.220 e. The van der Waals surface area contributed by atoms with E-state index in [2.05, 4.69) is 31.0 Å². The molecule has 0 unspecified atom stereocenters. The number of hydrogen-bond acceptors (Lipinski definition) is 2. The number of rotatable bonds is 9. The van der Waals surface area contributed by atoms with Crippen LogP contribution in [0.1, 0.15) is 72.1 Å². The molecule has 0 aliphatic heterocycles. The molecular weight excluding hydrogens is 248 g/mol. The molecule has 0 spiro atoms. The van der Waals surface area contributed by atoms with Crippen molar-refractivity contribution in [2.24, 2.45) is 5.92 Å². The van der Waals surface area contributed by atoms with Gasteiger partial charge in [0.1, 0.15) is 0 Å². The van der Waals surface area contributed by atoms with E-state index < -0.39 is 0 Å². The molecule has 1 fully saturated rings. The topological polar surface area (TPSA) is 32.3 Å². The fourth-order valence-corrected chi connectivity index (χ4v) is 3.24. The summed E-state index contributed by atoms with van der Waals surface area (Å²) < 4.78 is 0. The maximum atomic E-state index is 11.8. The molecule has 20 heavy (non-hydrogen) atoms. The van der Waals surface area contributed by atoms with Crippen molar-refractivity contribution in [2.45, 2.75) is 78.2 Å². The minimum absolute atomic E-state index is 0.237. The molecule has 0 aromatic rings. The second-order valence-corrected chi connectivity index (χ2v) is 6.47. The van der Waals surface area contributed by atoms with Crippen LogP contribution >= 0.6 is 0 Å². The van der Waals surface area contributed by atoms with Crippen molar-refractivity contribution in [3.05, 3.63) is 0 Å². The largest absolute Gasteiger partial charge is 0.355 e. The van der Waals surface area contributed by atoms with E-state index in [0.717, 1.165) is 32.0 Å². The summed E-state index contributed by atoms with van der Waals surface area (Å²) in [5.41, 5.74) is 0. The van der Waals surface area contributed by atoms with Crippen LogP contribution in [0.3, 0.4) is 0 Å². The van der Waals surface area contributed by atoms with Gasteiger partial charge in [-0.1, -0.05) is 39.0 Å².